The van der Waals surface area contributed by atoms with Crippen LogP contribution in [0.3, 0.4) is 0 Å². The van der Waals surface area contributed by atoms with Gasteiger partial charge in [0.25, 0.3) is 5.78 Å². The van der Waals surface area contributed by atoms with Crippen LogP contribution in [0.15, 0.2) is 89.9 Å². The molecule has 1 fully saturated rings. The summed E-state index contributed by atoms with van der Waals surface area (Å²) in [5, 5.41) is 13.5. The summed E-state index contributed by atoms with van der Waals surface area (Å²) in [5.41, 5.74) is 4.56. The maximum absolute atomic E-state index is 13.3. The third-order valence-corrected chi connectivity index (χ3v) is 7.54. The van der Waals surface area contributed by atoms with Crippen molar-refractivity contribution in [2.24, 2.45) is 0 Å². The van der Waals surface area contributed by atoms with E-state index in [9.17, 15) is 14.7 Å². The number of hydrogen-bond donors (Lipinski definition) is 1. The topological polar surface area (TPSA) is 79.7 Å². The van der Waals surface area contributed by atoms with Gasteiger partial charge in [-0.3, -0.25) is 14.5 Å². The average Bonchev–Trinajstić information content (AvgIpc) is 3.55. The highest BCUT2D eigenvalue weighted by Gasteiger charge is 2.47. The number of rotatable bonds is 7. The Morgan fingerprint density at radius 1 is 1.03 bits per heavy atom. The van der Waals surface area contributed by atoms with Crippen molar-refractivity contribution >= 4 is 33.9 Å². The Hall–Kier alpha value is -4.23. The van der Waals surface area contributed by atoms with E-state index in [-0.39, 0.29) is 11.3 Å². The predicted molar refractivity (Wildman–Crippen MR) is 149 cm³/mol. The molecule has 7 heteroatoms. The second-order valence-corrected chi connectivity index (χ2v) is 10.4. The molecule has 1 atom stereocenters. The molecular weight excluding hydrogens is 496 g/mol. The number of aromatic nitrogens is 1. The minimum atomic E-state index is -0.792. The number of aliphatic hydroxyl groups is 1. The molecule has 192 valence electrons. The quantitative estimate of drug-likeness (QED) is 0.164. The van der Waals surface area contributed by atoms with Gasteiger partial charge in [0.1, 0.15) is 18.1 Å². The lowest BCUT2D eigenvalue weighted by molar-refractivity contribution is -0.132. The summed E-state index contributed by atoms with van der Waals surface area (Å²) in [6.07, 6.45) is 1.59. The Morgan fingerprint density at radius 3 is 2.37 bits per heavy atom. The first-order chi connectivity index (χ1) is 18.3. The predicted octanol–water partition coefficient (Wildman–Crippen LogP) is 6.78. The van der Waals surface area contributed by atoms with Crippen molar-refractivity contribution in [3.63, 3.8) is 0 Å². The number of aryl methyl sites for hydroxylation is 1. The maximum Gasteiger partial charge on any atom is 0.301 e. The number of ether oxygens (including phenoxy) is 1. The number of amides is 1. The maximum atomic E-state index is 13.3. The molecule has 2 heterocycles. The van der Waals surface area contributed by atoms with E-state index in [4.69, 9.17) is 4.74 Å². The zero-order valence-corrected chi connectivity index (χ0v) is 22.2. The monoisotopic (exact) mass is 524 g/mol. The van der Waals surface area contributed by atoms with Crippen LogP contribution in [0.2, 0.25) is 0 Å². The van der Waals surface area contributed by atoms with Crippen LogP contribution in [0, 0.1) is 6.92 Å². The standard InChI is InChI=1S/C31H28N2O4S/c1-19(2)21-8-10-22(11-9-21)27-26(29(35)30(36)33(27)31-32-16-17-38-31)28(34)23-12-14-25(15-13-23)37-18-24-7-5-4-6-20(24)3/h4-17,19,27,34H,18H2,1-3H3. The van der Waals surface area contributed by atoms with E-state index in [0.29, 0.717) is 29.0 Å². The number of carbonyl (C=O) groups excluding carboxylic acids is 2. The molecular formula is C31H28N2O4S. The lowest BCUT2D eigenvalue weighted by Gasteiger charge is -2.23. The molecule has 5 rings (SSSR count). The SMILES string of the molecule is Cc1ccccc1COc1ccc(C(O)=C2C(=O)C(=O)N(c3nccs3)C2c2ccc(C(C)C)cc2)cc1. The fraction of sp³-hybridized carbons (Fsp3) is 0.194. The first-order valence-electron chi connectivity index (χ1n) is 12.4. The van der Waals surface area contributed by atoms with Gasteiger partial charge < -0.3 is 9.84 Å². The van der Waals surface area contributed by atoms with Gasteiger partial charge in [-0.15, -0.1) is 11.3 Å². The molecule has 0 bridgehead atoms. The molecule has 1 saturated heterocycles. The Morgan fingerprint density at radius 2 is 1.74 bits per heavy atom. The van der Waals surface area contributed by atoms with Crippen LogP contribution in [0.4, 0.5) is 5.13 Å². The Bertz CT molecular complexity index is 1490. The van der Waals surface area contributed by atoms with Crippen LogP contribution in [0.5, 0.6) is 5.75 Å². The van der Waals surface area contributed by atoms with Crippen molar-refractivity contribution in [2.75, 3.05) is 4.90 Å². The number of nitrogens with zero attached hydrogens (tertiary/aromatic N) is 2. The van der Waals surface area contributed by atoms with Gasteiger partial charge in [0, 0.05) is 17.1 Å². The van der Waals surface area contributed by atoms with Crippen molar-refractivity contribution in [3.8, 4) is 5.75 Å². The van der Waals surface area contributed by atoms with Crippen molar-refractivity contribution in [1.29, 1.82) is 0 Å². The molecule has 0 spiro atoms. The Labute approximate surface area is 225 Å². The van der Waals surface area contributed by atoms with Gasteiger partial charge in [-0.1, -0.05) is 62.4 Å². The largest absolute Gasteiger partial charge is 0.507 e. The summed E-state index contributed by atoms with van der Waals surface area (Å²) in [5.74, 6) is -0.714. The lowest BCUT2D eigenvalue weighted by Crippen LogP contribution is -2.29. The van der Waals surface area contributed by atoms with Crippen LogP contribution in [-0.2, 0) is 16.2 Å². The molecule has 6 nitrogen and oxygen atoms in total. The molecule has 1 N–H and O–H groups in total. The summed E-state index contributed by atoms with van der Waals surface area (Å²) in [7, 11) is 0. The van der Waals surface area contributed by atoms with Crippen molar-refractivity contribution < 1.29 is 19.4 Å². The summed E-state index contributed by atoms with van der Waals surface area (Å²) in [6, 6.07) is 21.9. The van der Waals surface area contributed by atoms with E-state index < -0.39 is 17.7 Å². The Kier molecular flexibility index (Phi) is 7.11. The van der Waals surface area contributed by atoms with Gasteiger partial charge in [-0.05, 0) is 59.4 Å². The second kappa shape index (κ2) is 10.6. The molecule has 4 aromatic rings. The van der Waals surface area contributed by atoms with Gasteiger partial charge in [-0.25, -0.2) is 4.98 Å². The number of anilines is 1. The van der Waals surface area contributed by atoms with Gasteiger partial charge in [-0.2, -0.15) is 0 Å². The number of hydrogen-bond acceptors (Lipinski definition) is 6. The van der Waals surface area contributed by atoms with Gasteiger partial charge in [0.05, 0.1) is 11.6 Å². The van der Waals surface area contributed by atoms with E-state index in [2.05, 4.69) is 18.8 Å². The minimum absolute atomic E-state index is 0.0380. The van der Waals surface area contributed by atoms with Crippen molar-refractivity contribution in [3.05, 3.63) is 118 Å². The highest BCUT2D eigenvalue weighted by atomic mass is 32.1. The molecule has 0 aliphatic carbocycles. The fourth-order valence-electron chi connectivity index (χ4n) is 4.54. The first-order valence-corrected chi connectivity index (χ1v) is 13.3. The second-order valence-electron chi connectivity index (χ2n) is 9.54. The molecule has 1 aromatic heterocycles. The lowest BCUT2D eigenvalue weighted by atomic mass is 9.93. The van der Waals surface area contributed by atoms with Gasteiger partial charge in [0.2, 0.25) is 0 Å². The van der Waals surface area contributed by atoms with Crippen molar-refractivity contribution in [1.82, 2.24) is 4.98 Å². The number of thiazole rings is 1. The summed E-state index contributed by atoms with van der Waals surface area (Å²) in [6.45, 7) is 6.66. The normalized spacial score (nSPS) is 16.8. The smallest absolute Gasteiger partial charge is 0.301 e. The molecule has 1 aliphatic rings. The molecule has 1 amide bonds. The number of carbonyl (C=O) groups is 2. The minimum Gasteiger partial charge on any atom is -0.507 e. The fourth-order valence-corrected chi connectivity index (χ4v) is 5.21. The molecule has 1 aliphatic heterocycles. The number of aliphatic hydroxyl groups excluding tert-OH is 1. The van der Waals surface area contributed by atoms with Crippen LogP contribution in [0.1, 0.15) is 53.6 Å². The summed E-state index contributed by atoms with van der Waals surface area (Å²) < 4.78 is 5.92. The molecule has 1 unspecified atom stereocenters. The third kappa shape index (κ3) is 4.85. The number of benzene rings is 3. The van der Waals surface area contributed by atoms with E-state index in [1.807, 2.05) is 55.5 Å². The van der Waals surface area contributed by atoms with E-state index in [0.717, 1.165) is 22.3 Å². The van der Waals surface area contributed by atoms with E-state index in [1.165, 1.54) is 16.2 Å². The molecule has 0 radical (unpaired) electrons. The van der Waals surface area contributed by atoms with E-state index in [1.54, 1.807) is 35.8 Å². The zero-order valence-electron chi connectivity index (χ0n) is 21.4. The van der Waals surface area contributed by atoms with Crippen LogP contribution >= 0.6 is 11.3 Å². The van der Waals surface area contributed by atoms with Crippen LogP contribution in [-0.4, -0.2) is 21.8 Å². The average molecular weight is 525 g/mol. The van der Waals surface area contributed by atoms with Crippen LogP contribution < -0.4 is 9.64 Å². The van der Waals surface area contributed by atoms with Gasteiger partial charge >= 0.3 is 5.91 Å². The molecule has 0 saturated carbocycles. The van der Waals surface area contributed by atoms with Crippen molar-refractivity contribution in [2.45, 2.75) is 39.3 Å². The van der Waals surface area contributed by atoms with Gasteiger partial charge in [0.15, 0.2) is 5.13 Å². The third-order valence-electron chi connectivity index (χ3n) is 6.77. The Balaban J connectivity index is 1.50. The number of Topliss-reactive ketones (excluding diaryl/α,β-unsaturated/α-hetero) is 1. The number of ketones is 1. The molecule has 38 heavy (non-hydrogen) atoms. The zero-order chi connectivity index (χ0) is 26.8. The summed E-state index contributed by atoms with van der Waals surface area (Å²) >= 11 is 1.27. The van der Waals surface area contributed by atoms with Crippen LogP contribution in [0.25, 0.3) is 5.76 Å². The highest BCUT2D eigenvalue weighted by molar-refractivity contribution is 7.14. The highest BCUT2D eigenvalue weighted by Crippen LogP contribution is 2.43. The van der Waals surface area contributed by atoms with E-state index >= 15 is 0 Å². The summed E-state index contributed by atoms with van der Waals surface area (Å²) in [4.78, 5) is 32.1. The molecule has 3 aromatic carbocycles. The first kappa shape index (κ1) is 25.4.